The van der Waals surface area contributed by atoms with E-state index in [2.05, 4.69) is 0 Å². The molecule has 0 spiro atoms. The van der Waals surface area contributed by atoms with Crippen LogP contribution in [-0.4, -0.2) is 36.5 Å². The van der Waals surface area contributed by atoms with Crippen molar-refractivity contribution in [3.8, 4) is 0 Å². The van der Waals surface area contributed by atoms with Crippen molar-refractivity contribution in [2.45, 2.75) is 18.9 Å². The molecule has 1 aliphatic heterocycles. The highest BCUT2D eigenvalue weighted by Gasteiger charge is 2.44. The van der Waals surface area contributed by atoms with Gasteiger partial charge in [-0.15, -0.1) is 0 Å². The van der Waals surface area contributed by atoms with Crippen LogP contribution in [0.15, 0.2) is 29.7 Å². The van der Waals surface area contributed by atoms with E-state index in [0.29, 0.717) is 11.4 Å². The Labute approximate surface area is 118 Å². The van der Waals surface area contributed by atoms with Gasteiger partial charge in [-0.1, -0.05) is 30.7 Å². The molecule has 0 saturated carbocycles. The van der Waals surface area contributed by atoms with Crippen molar-refractivity contribution >= 4 is 27.7 Å². The molecule has 0 unspecified atom stereocenters. The monoisotopic (exact) mass is 301 g/mol. The predicted molar refractivity (Wildman–Crippen MR) is 76.2 cm³/mol. The van der Waals surface area contributed by atoms with Crippen LogP contribution in [0, 0.1) is 0 Å². The minimum absolute atomic E-state index is 0.163. The molecule has 6 heteroatoms. The van der Waals surface area contributed by atoms with Gasteiger partial charge >= 0.3 is 0 Å². The van der Waals surface area contributed by atoms with Crippen molar-refractivity contribution < 1.29 is 13.5 Å². The summed E-state index contributed by atoms with van der Waals surface area (Å²) in [5.41, 5.74) is -0.0967. The van der Waals surface area contributed by atoms with E-state index in [-0.39, 0.29) is 13.1 Å². The highest BCUT2D eigenvalue weighted by molar-refractivity contribution is 7.92. The summed E-state index contributed by atoms with van der Waals surface area (Å²) in [6, 6.07) is 6.89. The summed E-state index contributed by atoms with van der Waals surface area (Å²) in [4.78, 5) is 0. The molecule has 2 rings (SSSR count). The minimum Gasteiger partial charge on any atom is -0.387 e. The first-order chi connectivity index (χ1) is 8.85. The Kier molecular flexibility index (Phi) is 4.01. The molecule has 104 valence electrons. The van der Waals surface area contributed by atoms with Crippen LogP contribution in [0.1, 0.15) is 18.9 Å². The van der Waals surface area contributed by atoms with Crippen LogP contribution < -0.4 is 0 Å². The highest BCUT2D eigenvalue weighted by atomic mass is 35.5. The van der Waals surface area contributed by atoms with Gasteiger partial charge in [0.05, 0.1) is 5.60 Å². The van der Waals surface area contributed by atoms with Gasteiger partial charge in [0, 0.05) is 23.5 Å². The largest absolute Gasteiger partial charge is 0.387 e. The number of benzene rings is 1. The number of β-amino-alcohol motifs (C(OH)–C–C–N with tert-alkyl or cyclic N) is 1. The summed E-state index contributed by atoms with van der Waals surface area (Å²) in [5.74, 6) is 0. The molecule has 1 saturated heterocycles. The molecule has 1 aliphatic rings. The third kappa shape index (κ3) is 3.36. The Morgan fingerprint density at radius 3 is 2.47 bits per heavy atom. The number of hydrogen-bond donors (Lipinski definition) is 1. The second-order valence-electron chi connectivity index (χ2n) is 4.75. The molecule has 1 aromatic carbocycles. The van der Waals surface area contributed by atoms with Gasteiger partial charge in [-0.25, -0.2) is 8.42 Å². The minimum atomic E-state index is -3.45. The smallest absolute Gasteiger partial charge is 0.236 e. The van der Waals surface area contributed by atoms with Gasteiger partial charge in [0.2, 0.25) is 10.0 Å². The number of halogens is 1. The van der Waals surface area contributed by atoms with Crippen molar-refractivity contribution in [3.05, 3.63) is 40.3 Å². The molecule has 4 nitrogen and oxygen atoms in total. The van der Waals surface area contributed by atoms with E-state index >= 15 is 0 Å². The number of nitrogens with zero attached hydrogens (tertiary/aromatic N) is 1. The van der Waals surface area contributed by atoms with Gasteiger partial charge in [-0.2, -0.15) is 4.31 Å². The number of sulfonamides is 1. The summed E-state index contributed by atoms with van der Waals surface area (Å²) in [7, 11) is -3.45. The van der Waals surface area contributed by atoms with Gasteiger partial charge in [-0.05, 0) is 30.2 Å². The summed E-state index contributed by atoms with van der Waals surface area (Å²) >= 11 is 5.75. The molecule has 0 aliphatic carbocycles. The van der Waals surface area contributed by atoms with Crippen LogP contribution in [0.25, 0.3) is 6.08 Å². The van der Waals surface area contributed by atoms with Crippen LogP contribution in [-0.2, 0) is 10.0 Å². The molecule has 1 heterocycles. The first-order valence-electron chi connectivity index (χ1n) is 6.01. The third-order valence-corrected chi connectivity index (χ3v) is 4.97. The first kappa shape index (κ1) is 14.5. The number of hydrogen-bond acceptors (Lipinski definition) is 3. The fraction of sp³-hybridized carbons (Fsp3) is 0.385. The Hall–Kier alpha value is -0.880. The van der Waals surface area contributed by atoms with E-state index in [1.165, 1.54) is 10.4 Å². The van der Waals surface area contributed by atoms with Crippen LogP contribution in [0.3, 0.4) is 0 Å². The fourth-order valence-corrected chi connectivity index (χ4v) is 3.31. The van der Waals surface area contributed by atoms with Crippen LogP contribution in [0.5, 0.6) is 0 Å². The average Bonchev–Trinajstić information content (AvgIpc) is 2.34. The van der Waals surface area contributed by atoms with Crippen molar-refractivity contribution in [2.24, 2.45) is 0 Å². The summed E-state index contributed by atoms with van der Waals surface area (Å²) in [6.45, 7) is 2.17. The zero-order valence-electron chi connectivity index (χ0n) is 10.6. The number of aliphatic hydroxyl groups is 1. The quantitative estimate of drug-likeness (QED) is 0.926. The highest BCUT2D eigenvalue weighted by Crippen LogP contribution is 2.27. The Morgan fingerprint density at radius 1 is 1.37 bits per heavy atom. The predicted octanol–water partition coefficient (Wildman–Crippen LogP) is 2.10. The van der Waals surface area contributed by atoms with Crippen LogP contribution >= 0.6 is 11.6 Å². The molecule has 0 atom stereocenters. The lowest BCUT2D eigenvalue weighted by Crippen LogP contribution is -2.62. The molecule has 19 heavy (non-hydrogen) atoms. The van der Waals surface area contributed by atoms with Crippen molar-refractivity contribution in [1.82, 2.24) is 4.31 Å². The summed E-state index contributed by atoms with van der Waals surface area (Å²) < 4.78 is 25.2. The topological polar surface area (TPSA) is 57.6 Å². The maximum absolute atomic E-state index is 12.0. The third-order valence-electron chi connectivity index (χ3n) is 3.26. The van der Waals surface area contributed by atoms with Crippen LogP contribution in [0.2, 0.25) is 5.02 Å². The molecule has 0 bridgehead atoms. The molecular weight excluding hydrogens is 286 g/mol. The fourth-order valence-electron chi connectivity index (χ4n) is 1.84. The van der Waals surface area contributed by atoms with Gasteiger partial charge in [0.1, 0.15) is 0 Å². The first-order valence-corrected chi connectivity index (χ1v) is 7.89. The zero-order chi connectivity index (χ0) is 14.1. The van der Waals surface area contributed by atoms with E-state index in [1.807, 2.05) is 6.92 Å². The molecule has 0 radical (unpaired) electrons. The van der Waals surface area contributed by atoms with Crippen molar-refractivity contribution in [2.75, 3.05) is 13.1 Å². The number of rotatable bonds is 4. The van der Waals surface area contributed by atoms with Gasteiger partial charge < -0.3 is 5.11 Å². The lowest BCUT2D eigenvalue weighted by Gasteiger charge is -2.44. The SMILES string of the molecule is CCC1(O)CN(S(=O)(=O)C=Cc2ccc(Cl)cc2)C1. The Bertz CT molecular complexity index is 574. The zero-order valence-corrected chi connectivity index (χ0v) is 12.2. The van der Waals surface area contributed by atoms with Crippen LogP contribution in [0.4, 0.5) is 0 Å². The Balaban J connectivity index is 2.04. The lowest BCUT2D eigenvalue weighted by atomic mass is 9.94. The molecule has 1 aromatic rings. The van der Waals surface area contributed by atoms with E-state index in [9.17, 15) is 13.5 Å². The normalized spacial score (nSPS) is 19.5. The molecule has 0 aromatic heterocycles. The second kappa shape index (κ2) is 5.25. The van der Waals surface area contributed by atoms with E-state index in [0.717, 1.165) is 11.0 Å². The average molecular weight is 302 g/mol. The molecule has 0 amide bonds. The van der Waals surface area contributed by atoms with Gasteiger partial charge in [0.15, 0.2) is 0 Å². The van der Waals surface area contributed by atoms with Crippen molar-refractivity contribution in [3.63, 3.8) is 0 Å². The molecule has 1 fully saturated rings. The maximum atomic E-state index is 12.0. The standard InChI is InChI=1S/C13H16ClNO3S/c1-2-13(16)9-15(10-13)19(17,18)8-7-11-3-5-12(14)6-4-11/h3-8,16H,2,9-10H2,1H3. The summed E-state index contributed by atoms with van der Waals surface area (Å²) in [5, 5.41) is 11.6. The summed E-state index contributed by atoms with van der Waals surface area (Å²) in [6.07, 6.45) is 2.08. The van der Waals surface area contributed by atoms with E-state index in [4.69, 9.17) is 11.6 Å². The molecular formula is C13H16ClNO3S. The molecule has 1 N–H and O–H groups in total. The van der Waals surface area contributed by atoms with Gasteiger partial charge in [0.25, 0.3) is 0 Å². The Morgan fingerprint density at radius 2 is 1.95 bits per heavy atom. The van der Waals surface area contributed by atoms with Gasteiger partial charge in [-0.3, -0.25) is 0 Å². The second-order valence-corrected chi connectivity index (χ2v) is 7.00. The van der Waals surface area contributed by atoms with E-state index in [1.54, 1.807) is 24.3 Å². The van der Waals surface area contributed by atoms with E-state index < -0.39 is 15.6 Å². The lowest BCUT2D eigenvalue weighted by molar-refractivity contribution is -0.0608. The van der Waals surface area contributed by atoms with Crippen molar-refractivity contribution in [1.29, 1.82) is 0 Å². The maximum Gasteiger partial charge on any atom is 0.236 e.